The van der Waals surface area contributed by atoms with E-state index in [2.05, 4.69) is 22.8 Å². The summed E-state index contributed by atoms with van der Waals surface area (Å²) in [5, 5.41) is 12.4. The van der Waals surface area contributed by atoms with Crippen molar-refractivity contribution < 1.29 is 9.90 Å². The van der Waals surface area contributed by atoms with Crippen molar-refractivity contribution in [2.24, 2.45) is 0 Å². The van der Waals surface area contributed by atoms with Gasteiger partial charge in [-0.25, -0.2) is 4.79 Å². The molecule has 1 aliphatic rings. The van der Waals surface area contributed by atoms with Crippen molar-refractivity contribution in [2.75, 3.05) is 31.1 Å². The van der Waals surface area contributed by atoms with Gasteiger partial charge in [0.2, 0.25) is 0 Å². The van der Waals surface area contributed by atoms with Gasteiger partial charge in [-0.05, 0) is 24.6 Å². The number of anilines is 1. The highest BCUT2D eigenvalue weighted by Crippen LogP contribution is 2.26. The summed E-state index contributed by atoms with van der Waals surface area (Å²) in [7, 11) is 0. The van der Waals surface area contributed by atoms with Gasteiger partial charge in [-0.3, -0.25) is 0 Å². The Balaban J connectivity index is 2.37. The molecule has 4 nitrogen and oxygen atoms in total. The lowest BCUT2D eigenvalue weighted by atomic mass is 10.1. The molecular formula is C12H16N2O2S. The van der Waals surface area contributed by atoms with Crippen molar-refractivity contribution >= 4 is 24.3 Å². The number of carboxylic acid groups (broad SMARTS) is 1. The SMILES string of the molecule is Cc1c(S)cc(N2CCNCC2)cc1C(=O)O. The number of carbonyl (C=O) groups is 1. The third kappa shape index (κ3) is 2.56. The molecule has 0 aromatic heterocycles. The van der Waals surface area contributed by atoms with Gasteiger partial charge in [0.15, 0.2) is 0 Å². The average Bonchev–Trinajstić information content (AvgIpc) is 2.33. The van der Waals surface area contributed by atoms with E-state index in [4.69, 9.17) is 5.11 Å². The molecule has 1 aromatic carbocycles. The Hall–Kier alpha value is -1.20. The number of benzene rings is 1. The van der Waals surface area contributed by atoms with Gasteiger partial charge < -0.3 is 15.3 Å². The van der Waals surface area contributed by atoms with Gasteiger partial charge in [-0.1, -0.05) is 0 Å². The molecule has 1 fully saturated rings. The maximum Gasteiger partial charge on any atom is 0.336 e. The van der Waals surface area contributed by atoms with Gasteiger partial charge in [0.25, 0.3) is 0 Å². The summed E-state index contributed by atoms with van der Waals surface area (Å²) >= 11 is 4.35. The van der Waals surface area contributed by atoms with Crippen LogP contribution in [0.25, 0.3) is 0 Å². The van der Waals surface area contributed by atoms with Gasteiger partial charge in [-0.15, -0.1) is 12.6 Å². The van der Waals surface area contributed by atoms with Crippen molar-refractivity contribution in [3.05, 3.63) is 23.3 Å². The van der Waals surface area contributed by atoms with Gasteiger partial charge in [0.05, 0.1) is 5.56 Å². The number of piperazine rings is 1. The van der Waals surface area contributed by atoms with E-state index in [0.29, 0.717) is 5.56 Å². The van der Waals surface area contributed by atoms with Crippen molar-refractivity contribution in [3.63, 3.8) is 0 Å². The van der Waals surface area contributed by atoms with Crippen molar-refractivity contribution in [2.45, 2.75) is 11.8 Å². The maximum atomic E-state index is 11.1. The second-order valence-electron chi connectivity index (χ2n) is 4.18. The largest absolute Gasteiger partial charge is 0.478 e. The Kier molecular flexibility index (Phi) is 3.59. The van der Waals surface area contributed by atoms with Crippen LogP contribution in [-0.4, -0.2) is 37.3 Å². The molecule has 92 valence electrons. The summed E-state index contributed by atoms with van der Waals surface area (Å²) in [6, 6.07) is 3.68. The lowest BCUT2D eigenvalue weighted by Gasteiger charge is -2.30. The molecule has 1 heterocycles. The molecule has 0 unspecified atom stereocenters. The number of nitrogens with one attached hydrogen (secondary N) is 1. The van der Waals surface area contributed by atoms with Crippen LogP contribution in [0.4, 0.5) is 5.69 Å². The molecule has 0 amide bonds. The molecule has 1 saturated heterocycles. The Morgan fingerprint density at radius 3 is 2.65 bits per heavy atom. The molecule has 2 rings (SSSR count). The Bertz CT molecular complexity index is 442. The number of carboxylic acids is 1. The molecule has 0 atom stereocenters. The lowest BCUT2D eigenvalue weighted by molar-refractivity contribution is 0.0696. The molecule has 0 aliphatic carbocycles. The topological polar surface area (TPSA) is 52.6 Å². The van der Waals surface area contributed by atoms with E-state index in [0.717, 1.165) is 42.3 Å². The van der Waals surface area contributed by atoms with Crippen molar-refractivity contribution in [1.82, 2.24) is 5.32 Å². The number of hydrogen-bond acceptors (Lipinski definition) is 4. The molecule has 1 aliphatic heterocycles. The van der Waals surface area contributed by atoms with Crippen LogP contribution in [0.3, 0.4) is 0 Å². The summed E-state index contributed by atoms with van der Waals surface area (Å²) < 4.78 is 0. The van der Waals surface area contributed by atoms with Crippen LogP contribution in [0.1, 0.15) is 15.9 Å². The van der Waals surface area contributed by atoms with Crippen LogP contribution in [0.5, 0.6) is 0 Å². The number of nitrogens with zero attached hydrogens (tertiary/aromatic N) is 1. The summed E-state index contributed by atoms with van der Waals surface area (Å²) in [6.07, 6.45) is 0. The van der Waals surface area contributed by atoms with Gasteiger partial charge in [0, 0.05) is 36.8 Å². The van der Waals surface area contributed by atoms with E-state index in [-0.39, 0.29) is 0 Å². The molecule has 2 N–H and O–H groups in total. The predicted molar refractivity (Wildman–Crippen MR) is 70.5 cm³/mol. The fourth-order valence-corrected chi connectivity index (χ4v) is 2.26. The third-order valence-corrected chi connectivity index (χ3v) is 3.54. The first-order valence-corrected chi connectivity index (χ1v) is 6.07. The monoisotopic (exact) mass is 252 g/mol. The van der Waals surface area contributed by atoms with E-state index < -0.39 is 5.97 Å². The minimum Gasteiger partial charge on any atom is -0.478 e. The second kappa shape index (κ2) is 4.98. The fourth-order valence-electron chi connectivity index (χ4n) is 2.01. The van der Waals surface area contributed by atoms with Gasteiger partial charge in [0.1, 0.15) is 0 Å². The van der Waals surface area contributed by atoms with Crippen molar-refractivity contribution in [3.8, 4) is 0 Å². The van der Waals surface area contributed by atoms with Gasteiger partial charge >= 0.3 is 5.97 Å². The molecule has 0 bridgehead atoms. The third-order valence-electron chi connectivity index (χ3n) is 3.08. The zero-order chi connectivity index (χ0) is 12.4. The number of hydrogen-bond donors (Lipinski definition) is 3. The van der Waals surface area contributed by atoms with E-state index >= 15 is 0 Å². The van der Waals surface area contributed by atoms with Crippen LogP contribution in [0.15, 0.2) is 17.0 Å². The normalized spacial score (nSPS) is 16.0. The lowest BCUT2D eigenvalue weighted by Crippen LogP contribution is -2.43. The first kappa shape index (κ1) is 12.3. The Morgan fingerprint density at radius 1 is 1.41 bits per heavy atom. The highest BCUT2D eigenvalue weighted by atomic mass is 32.1. The zero-order valence-electron chi connectivity index (χ0n) is 9.73. The summed E-state index contributed by atoms with van der Waals surface area (Å²) in [6.45, 7) is 5.44. The fraction of sp³-hybridized carbons (Fsp3) is 0.417. The van der Waals surface area contributed by atoms with Gasteiger partial charge in [-0.2, -0.15) is 0 Å². The summed E-state index contributed by atoms with van der Waals surface area (Å²) in [5.74, 6) is -0.894. The molecule has 17 heavy (non-hydrogen) atoms. The average molecular weight is 252 g/mol. The smallest absolute Gasteiger partial charge is 0.336 e. The minimum absolute atomic E-state index is 0.339. The van der Waals surface area contributed by atoms with Crippen LogP contribution < -0.4 is 10.2 Å². The highest BCUT2D eigenvalue weighted by Gasteiger charge is 2.16. The van der Waals surface area contributed by atoms with Crippen LogP contribution in [0.2, 0.25) is 0 Å². The first-order valence-electron chi connectivity index (χ1n) is 5.62. The zero-order valence-corrected chi connectivity index (χ0v) is 10.6. The van der Waals surface area contributed by atoms with E-state index in [1.54, 1.807) is 13.0 Å². The van der Waals surface area contributed by atoms with E-state index in [9.17, 15) is 4.79 Å². The van der Waals surface area contributed by atoms with Crippen molar-refractivity contribution in [1.29, 1.82) is 0 Å². The summed E-state index contributed by atoms with van der Waals surface area (Å²) in [5.41, 5.74) is 2.00. The Labute approximate surface area is 106 Å². The maximum absolute atomic E-state index is 11.1. The van der Waals surface area contributed by atoms with Crippen LogP contribution >= 0.6 is 12.6 Å². The molecular weight excluding hydrogens is 236 g/mol. The molecule has 5 heteroatoms. The Morgan fingerprint density at radius 2 is 2.06 bits per heavy atom. The van der Waals surface area contributed by atoms with E-state index in [1.807, 2.05) is 6.07 Å². The number of aromatic carboxylic acids is 1. The highest BCUT2D eigenvalue weighted by molar-refractivity contribution is 7.80. The van der Waals surface area contributed by atoms with E-state index in [1.165, 1.54) is 0 Å². The number of rotatable bonds is 2. The van der Waals surface area contributed by atoms with Crippen LogP contribution in [-0.2, 0) is 0 Å². The quantitative estimate of drug-likeness (QED) is 0.696. The standard InChI is InChI=1S/C12H16N2O2S/c1-8-10(12(15)16)6-9(7-11(8)17)14-4-2-13-3-5-14/h6-7,13,17H,2-5H2,1H3,(H,15,16). The number of thiol groups is 1. The minimum atomic E-state index is -0.894. The molecule has 0 saturated carbocycles. The molecule has 0 radical (unpaired) electrons. The van der Waals surface area contributed by atoms with Crippen LogP contribution in [0, 0.1) is 6.92 Å². The summed E-state index contributed by atoms with van der Waals surface area (Å²) in [4.78, 5) is 14.1. The predicted octanol–water partition coefficient (Wildman–Crippen LogP) is 1.39. The second-order valence-corrected chi connectivity index (χ2v) is 4.66. The molecule has 0 spiro atoms. The molecule has 1 aromatic rings. The first-order chi connectivity index (χ1) is 8.09.